The monoisotopic (exact) mass is 404 g/mol. The average molecular weight is 404 g/mol. The minimum atomic E-state index is -0.991. The van der Waals surface area contributed by atoms with Crippen LogP contribution in [0.1, 0.15) is 40.8 Å². The number of thiophene rings is 1. The predicted molar refractivity (Wildman–Crippen MR) is 101 cm³/mol. The SMILES string of the molecule is CCOC(=O)CC1C(=O)NCCN1C(=O)c1nc2sc3c(c2c(=O)[nH]1)CCC3. The second-order valence-electron chi connectivity index (χ2n) is 6.77. The molecule has 148 valence electrons. The Labute approximate surface area is 164 Å². The molecule has 4 rings (SSSR count). The summed E-state index contributed by atoms with van der Waals surface area (Å²) in [5.74, 6) is -1.67. The van der Waals surface area contributed by atoms with Crippen molar-refractivity contribution in [3.05, 3.63) is 26.6 Å². The van der Waals surface area contributed by atoms with Gasteiger partial charge < -0.3 is 19.9 Å². The van der Waals surface area contributed by atoms with E-state index in [4.69, 9.17) is 4.74 Å². The standard InChI is InChI=1S/C18H20N4O5S/c1-2-27-12(23)8-10-15(24)19-6-7-22(10)18(26)14-20-16(25)13-9-4-3-5-11(9)28-17(13)21-14/h10H,2-8H2,1H3,(H,19,24)(H,20,21,25). The average Bonchev–Trinajstić information content (AvgIpc) is 3.23. The van der Waals surface area contributed by atoms with Gasteiger partial charge in [0.05, 0.1) is 18.4 Å². The Morgan fingerprint density at radius 2 is 2.14 bits per heavy atom. The van der Waals surface area contributed by atoms with E-state index in [0.29, 0.717) is 10.2 Å². The van der Waals surface area contributed by atoms with Gasteiger partial charge in [0.2, 0.25) is 11.7 Å². The number of aryl methyl sites for hydroxylation is 2. The quantitative estimate of drug-likeness (QED) is 0.710. The molecule has 1 unspecified atom stereocenters. The normalized spacial score (nSPS) is 18.8. The van der Waals surface area contributed by atoms with Gasteiger partial charge in [0.15, 0.2) is 0 Å². The molecule has 9 nitrogen and oxygen atoms in total. The summed E-state index contributed by atoms with van der Waals surface area (Å²) >= 11 is 1.44. The van der Waals surface area contributed by atoms with Gasteiger partial charge >= 0.3 is 5.97 Å². The second kappa shape index (κ2) is 7.34. The first-order chi connectivity index (χ1) is 13.5. The fraction of sp³-hybridized carbons (Fsp3) is 0.500. The van der Waals surface area contributed by atoms with Crippen molar-refractivity contribution >= 4 is 39.3 Å². The Kier molecular flexibility index (Phi) is 4.88. The van der Waals surface area contributed by atoms with Crippen LogP contribution in [0.3, 0.4) is 0 Å². The van der Waals surface area contributed by atoms with Gasteiger partial charge in [-0.25, -0.2) is 4.98 Å². The van der Waals surface area contributed by atoms with Crippen molar-refractivity contribution in [2.45, 2.75) is 38.6 Å². The zero-order valence-electron chi connectivity index (χ0n) is 15.4. The number of aromatic amines is 1. The summed E-state index contributed by atoms with van der Waals surface area (Å²) in [5.41, 5.74) is 0.696. The van der Waals surface area contributed by atoms with Crippen LogP contribution in [-0.2, 0) is 27.2 Å². The molecule has 2 amide bonds. The van der Waals surface area contributed by atoms with Crippen LogP contribution in [0.2, 0.25) is 0 Å². The number of amides is 2. The molecule has 28 heavy (non-hydrogen) atoms. The van der Waals surface area contributed by atoms with Gasteiger partial charge in [0.1, 0.15) is 10.9 Å². The third-order valence-electron chi connectivity index (χ3n) is 5.03. The second-order valence-corrected chi connectivity index (χ2v) is 7.85. The van der Waals surface area contributed by atoms with Gasteiger partial charge in [0.25, 0.3) is 11.5 Å². The van der Waals surface area contributed by atoms with Crippen LogP contribution in [0, 0.1) is 0 Å². The van der Waals surface area contributed by atoms with Crippen LogP contribution in [0.5, 0.6) is 0 Å². The number of aromatic nitrogens is 2. The Morgan fingerprint density at radius 1 is 1.32 bits per heavy atom. The number of fused-ring (bicyclic) bond motifs is 3. The maximum Gasteiger partial charge on any atom is 0.308 e. The fourth-order valence-corrected chi connectivity index (χ4v) is 5.04. The van der Waals surface area contributed by atoms with Gasteiger partial charge in [-0.05, 0) is 31.7 Å². The van der Waals surface area contributed by atoms with Crippen molar-refractivity contribution in [3.63, 3.8) is 0 Å². The van der Waals surface area contributed by atoms with Crippen LogP contribution < -0.4 is 10.9 Å². The van der Waals surface area contributed by atoms with E-state index in [1.807, 2.05) is 0 Å². The van der Waals surface area contributed by atoms with Crippen LogP contribution in [0.25, 0.3) is 10.2 Å². The van der Waals surface area contributed by atoms with Gasteiger partial charge in [-0.1, -0.05) is 0 Å². The molecule has 0 radical (unpaired) electrons. The highest BCUT2D eigenvalue weighted by Crippen LogP contribution is 2.34. The van der Waals surface area contributed by atoms with Crippen molar-refractivity contribution in [1.29, 1.82) is 0 Å². The lowest BCUT2D eigenvalue weighted by Gasteiger charge is -2.34. The molecule has 1 aliphatic heterocycles. The third-order valence-corrected chi connectivity index (χ3v) is 6.22. The molecular weight excluding hydrogens is 384 g/mol. The fourth-order valence-electron chi connectivity index (χ4n) is 3.78. The molecule has 10 heteroatoms. The Hall–Kier alpha value is -2.75. The molecule has 2 aromatic heterocycles. The van der Waals surface area contributed by atoms with E-state index in [2.05, 4.69) is 15.3 Å². The Morgan fingerprint density at radius 3 is 2.93 bits per heavy atom. The van der Waals surface area contributed by atoms with E-state index >= 15 is 0 Å². The zero-order chi connectivity index (χ0) is 19.8. The highest BCUT2D eigenvalue weighted by Gasteiger charge is 2.36. The predicted octanol–water partition coefficient (Wildman–Crippen LogP) is 0.367. The summed E-state index contributed by atoms with van der Waals surface area (Å²) in [6, 6.07) is -0.991. The van der Waals surface area contributed by atoms with Gasteiger partial charge in [-0.15, -0.1) is 11.3 Å². The highest BCUT2D eigenvalue weighted by molar-refractivity contribution is 7.18. The number of nitrogens with zero attached hydrogens (tertiary/aromatic N) is 2. The lowest BCUT2D eigenvalue weighted by Crippen LogP contribution is -2.58. The minimum Gasteiger partial charge on any atom is -0.466 e. The lowest BCUT2D eigenvalue weighted by molar-refractivity contribution is -0.147. The van der Waals surface area contributed by atoms with E-state index in [0.717, 1.165) is 29.7 Å². The molecule has 1 fully saturated rings. The molecule has 0 saturated carbocycles. The zero-order valence-corrected chi connectivity index (χ0v) is 16.2. The van der Waals surface area contributed by atoms with Gasteiger partial charge in [-0.3, -0.25) is 19.2 Å². The molecule has 1 aliphatic carbocycles. The molecule has 0 aromatic carbocycles. The molecule has 1 saturated heterocycles. The first-order valence-corrected chi connectivity index (χ1v) is 10.1. The van der Waals surface area contributed by atoms with Crippen LogP contribution in [-0.4, -0.2) is 58.4 Å². The topological polar surface area (TPSA) is 121 Å². The summed E-state index contributed by atoms with van der Waals surface area (Å²) in [4.78, 5) is 59.7. The highest BCUT2D eigenvalue weighted by atomic mass is 32.1. The molecule has 0 bridgehead atoms. The molecule has 1 atom stereocenters. The molecule has 3 heterocycles. The maximum absolute atomic E-state index is 13.0. The number of nitrogens with one attached hydrogen (secondary N) is 2. The van der Waals surface area contributed by atoms with Crippen LogP contribution in [0.4, 0.5) is 0 Å². The van der Waals surface area contributed by atoms with Crippen LogP contribution >= 0.6 is 11.3 Å². The molecule has 2 N–H and O–H groups in total. The maximum atomic E-state index is 13.0. The van der Waals surface area contributed by atoms with Crippen molar-refractivity contribution < 1.29 is 19.1 Å². The largest absolute Gasteiger partial charge is 0.466 e. The Bertz CT molecular complexity index is 1030. The van der Waals surface area contributed by atoms with Crippen LogP contribution in [0.15, 0.2) is 4.79 Å². The number of hydrogen-bond donors (Lipinski definition) is 2. The minimum absolute atomic E-state index is 0.110. The molecular formula is C18H20N4O5S. The summed E-state index contributed by atoms with van der Waals surface area (Å²) in [6.45, 7) is 2.35. The number of hydrogen-bond acceptors (Lipinski definition) is 7. The number of rotatable bonds is 4. The first-order valence-electron chi connectivity index (χ1n) is 9.28. The first kappa shape index (κ1) is 18.6. The van der Waals surface area contributed by atoms with Crippen molar-refractivity contribution in [2.75, 3.05) is 19.7 Å². The van der Waals surface area contributed by atoms with E-state index in [-0.39, 0.29) is 37.5 Å². The van der Waals surface area contributed by atoms with Gasteiger partial charge in [-0.2, -0.15) is 0 Å². The number of piperazine rings is 1. The summed E-state index contributed by atoms with van der Waals surface area (Å²) < 4.78 is 4.91. The van der Waals surface area contributed by atoms with E-state index in [1.54, 1.807) is 6.92 Å². The molecule has 2 aliphatic rings. The number of H-pyrrole nitrogens is 1. The van der Waals surface area contributed by atoms with Crippen molar-refractivity contribution in [1.82, 2.24) is 20.2 Å². The lowest BCUT2D eigenvalue weighted by atomic mass is 10.1. The third kappa shape index (κ3) is 3.17. The Balaban J connectivity index is 1.66. The number of carbonyl (C=O) groups excluding carboxylic acids is 3. The molecule has 2 aromatic rings. The number of esters is 1. The van der Waals surface area contributed by atoms with Crippen molar-refractivity contribution in [2.24, 2.45) is 0 Å². The summed E-state index contributed by atoms with van der Waals surface area (Å²) in [7, 11) is 0. The smallest absolute Gasteiger partial charge is 0.308 e. The van der Waals surface area contributed by atoms with Gasteiger partial charge in [0, 0.05) is 18.0 Å². The summed E-state index contributed by atoms with van der Waals surface area (Å²) in [6.07, 6.45) is 2.55. The number of ether oxygens (including phenoxy) is 1. The van der Waals surface area contributed by atoms with Crippen molar-refractivity contribution in [3.8, 4) is 0 Å². The van der Waals surface area contributed by atoms with E-state index in [1.165, 1.54) is 16.2 Å². The molecule has 0 spiro atoms. The summed E-state index contributed by atoms with van der Waals surface area (Å²) in [5, 5.41) is 3.22. The van der Waals surface area contributed by atoms with E-state index in [9.17, 15) is 19.2 Å². The number of carbonyl (C=O) groups is 3. The van der Waals surface area contributed by atoms with E-state index < -0.39 is 23.8 Å².